The van der Waals surface area contributed by atoms with E-state index in [9.17, 15) is 9.59 Å². The zero-order valence-corrected chi connectivity index (χ0v) is 30.3. The molecule has 0 aliphatic carbocycles. The third-order valence-corrected chi connectivity index (χ3v) is 9.20. The second-order valence-corrected chi connectivity index (χ2v) is 13.2. The smallest absolute Gasteiger partial charge is 0.434 e. The molecule has 3 aromatic carbocycles. The molecule has 0 fully saturated rings. The monoisotopic (exact) mass is 662 g/mol. The molecule has 0 heterocycles. The van der Waals surface area contributed by atoms with E-state index in [1.807, 2.05) is 42.5 Å². The van der Waals surface area contributed by atoms with Crippen LogP contribution in [0.1, 0.15) is 155 Å². The summed E-state index contributed by atoms with van der Waals surface area (Å²) in [6.07, 6.45) is 23.7. The van der Waals surface area contributed by atoms with Crippen molar-refractivity contribution in [2.75, 3.05) is 13.2 Å². The molecule has 0 unspecified atom stereocenters. The second kappa shape index (κ2) is 23.9. The molecule has 0 atom stereocenters. The highest BCUT2D eigenvalue weighted by Crippen LogP contribution is 2.43. The first-order chi connectivity index (χ1) is 23.6. The van der Waals surface area contributed by atoms with Crippen LogP contribution in [0.25, 0.3) is 21.5 Å². The highest BCUT2D eigenvalue weighted by atomic mass is 16.7. The third kappa shape index (κ3) is 14.1. The van der Waals surface area contributed by atoms with Crippen molar-refractivity contribution in [1.82, 2.24) is 0 Å². The molecular weight excluding hydrogens is 600 g/mol. The van der Waals surface area contributed by atoms with Crippen molar-refractivity contribution >= 4 is 33.9 Å². The van der Waals surface area contributed by atoms with Gasteiger partial charge in [-0.05, 0) is 30.9 Å². The van der Waals surface area contributed by atoms with Gasteiger partial charge in [0, 0.05) is 21.5 Å². The molecule has 3 rings (SSSR count). The number of ether oxygens (including phenoxy) is 4. The summed E-state index contributed by atoms with van der Waals surface area (Å²) in [5.74, 6) is 0.817. The highest BCUT2D eigenvalue weighted by molar-refractivity contribution is 6.12. The number of rotatable bonds is 25. The number of carbonyl (C=O) groups excluding carboxylic acids is 2. The quantitative estimate of drug-likeness (QED) is 0.0389. The van der Waals surface area contributed by atoms with E-state index in [0.29, 0.717) is 46.3 Å². The molecule has 0 aliphatic heterocycles. The zero-order valence-electron chi connectivity index (χ0n) is 30.3. The van der Waals surface area contributed by atoms with E-state index < -0.39 is 12.3 Å². The van der Waals surface area contributed by atoms with Crippen molar-refractivity contribution < 1.29 is 28.5 Å². The predicted molar refractivity (Wildman–Crippen MR) is 198 cm³/mol. The SMILES string of the molecule is CCCCCCCCCCCCOC(=O)Oc1c2ccccc2c(OC(=O)OCCCCCCCCCCCC)c2cc(CC)ccc12. The Hall–Kier alpha value is -3.28. The van der Waals surface area contributed by atoms with Crippen LogP contribution in [-0.4, -0.2) is 25.5 Å². The topological polar surface area (TPSA) is 71.1 Å². The number of aryl methyl sites for hydroxylation is 1. The first kappa shape index (κ1) is 39.2. The van der Waals surface area contributed by atoms with E-state index in [0.717, 1.165) is 50.5 Å². The van der Waals surface area contributed by atoms with Gasteiger partial charge in [0.15, 0.2) is 0 Å². The maximum absolute atomic E-state index is 12.9. The normalized spacial score (nSPS) is 11.2. The first-order valence-corrected chi connectivity index (χ1v) is 19.3. The van der Waals surface area contributed by atoms with E-state index in [1.54, 1.807) is 0 Å². The lowest BCUT2D eigenvalue weighted by molar-refractivity contribution is 0.0965. The number of carbonyl (C=O) groups is 2. The van der Waals surface area contributed by atoms with Gasteiger partial charge < -0.3 is 18.9 Å². The number of fused-ring (bicyclic) bond motifs is 2. The molecular formula is C42H62O6. The standard InChI is InChI=1S/C42H62O6/c1-4-7-9-11-13-15-17-19-21-25-31-45-41(43)47-39-35-27-23-24-28-36(35)40(38-33-34(6-3)29-30-37(38)39)48-42(44)46-32-26-22-20-18-16-14-12-10-8-5-2/h23-24,27-30,33H,4-22,25-26,31-32H2,1-3H3. The van der Waals surface area contributed by atoms with Crippen LogP contribution in [0.2, 0.25) is 0 Å². The van der Waals surface area contributed by atoms with E-state index in [4.69, 9.17) is 18.9 Å². The van der Waals surface area contributed by atoms with Crippen molar-refractivity contribution in [3.05, 3.63) is 48.0 Å². The molecule has 0 N–H and O–H groups in total. The van der Waals surface area contributed by atoms with E-state index >= 15 is 0 Å². The van der Waals surface area contributed by atoms with Gasteiger partial charge in [-0.25, -0.2) is 9.59 Å². The van der Waals surface area contributed by atoms with Crippen molar-refractivity contribution in [2.24, 2.45) is 0 Å². The number of benzene rings is 3. The lowest BCUT2D eigenvalue weighted by Gasteiger charge is -2.17. The Morgan fingerprint density at radius 1 is 0.458 bits per heavy atom. The van der Waals surface area contributed by atoms with Gasteiger partial charge in [-0.1, -0.05) is 173 Å². The Morgan fingerprint density at radius 3 is 1.25 bits per heavy atom. The lowest BCUT2D eigenvalue weighted by Crippen LogP contribution is -2.14. The van der Waals surface area contributed by atoms with Crippen molar-refractivity contribution in [2.45, 2.75) is 156 Å². The Labute approximate surface area is 290 Å². The summed E-state index contributed by atoms with van der Waals surface area (Å²) in [4.78, 5) is 25.8. The minimum atomic E-state index is -0.721. The molecule has 0 aliphatic rings. The average molecular weight is 663 g/mol. The summed E-state index contributed by atoms with van der Waals surface area (Å²) in [5, 5.41) is 2.72. The minimum Gasteiger partial charge on any atom is -0.434 e. The maximum Gasteiger partial charge on any atom is 0.513 e. The highest BCUT2D eigenvalue weighted by Gasteiger charge is 2.21. The largest absolute Gasteiger partial charge is 0.513 e. The fourth-order valence-corrected chi connectivity index (χ4v) is 6.30. The van der Waals surface area contributed by atoms with Crippen LogP contribution in [-0.2, 0) is 15.9 Å². The summed E-state index contributed by atoms with van der Waals surface area (Å²) in [6.45, 7) is 7.23. The molecule has 0 aromatic heterocycles. The van der Waals surface area contributed by atoms with Crippen LogP contribution >= 0.6 is 0 Å². The van der Waals surface area contributed by atoms with Crippen molar-refractivity contribution in [1.29, 1.82) is 0 Å². The Kier molecular flexibility index (Phi) is 19.5. The average Bonchev–Trinajstić information content (AvgIpc) is 3.10. The van der Waals surface area contributed by atoms with Crippen LogP contribution < -0.4 is 9.47 Å². The molecule has 3 aromatic rings. The molecule has 0 saturated heterocycles. The van der Waals surface area contributed by atoms with Crippen LogP contribution in [0.5, 0.6) is 11.5 Å². The molecule has 0 amide bonds. The van der Waals surface area contributed by atoms with Crippen LogP contribution in [0, 0.1) is 0 Å². The minimum absolute atomic E-state index is 0.331. The molecule has 0 bridgehead atoms. The lowest BCUT2D eigenvalue weighted by atomic mass is 9.98. The summed E-state index contributed by atoms with van der Waals surface area (Å²) in [7, 11) is 0. The molecule has 6 nitrogen and oxygen atoms in total. The van der Waals surface area contributed by atoms with Gasteiger partial charge in [0.25, 0.3) is 0 Å². The predicted octanol–water partition coefficient (Wildman–Crippen LogP) is 13.4. The summed E-state index contributed by atoms with van der Waals surface area (Å²) in [6, 6.07) is 13.4. The van der Waals surface area contributed by atoms with Gasteiger partial charge in [-0.15, -0.1) is 0 Å². The second-order valence-electron chi connectivity index (χ2n) is 13.2. The molecule has 0 spiro atoms. The number of hydrogen-bond acceptors (Lipinski definition) is 6. The van der Waals surface area contributed by atoms with Crippen LogP contribution in [0.4, 0.5) is 9.59 Å². The summed E-state index contributed by atoms with van der Waals surface area (Å²) >= 11 is 0. The fourth-order valence-electron chi connectivity index (χ4n) is 6.30. The van der Waals surface area contributed by atoms with E-state index in [-0.39, 0.29) is 0 Å². The molecule has 266 valence electrons. The fraction of sp³-hybridized carbons (Fsp3) is 0.619. The summed E-state index contributed by atoms with van der Waals surface area (Å²) < 4.78 is 22.8. The van der Waals surface area contributed by atoms with Gasteiger partial charge in [-0.2, -0.15) is 0 Å². The van der Waals surface area contributed by atoms with Crippen LogP contribution in [0.15, 0.2) is 42.5 Å². The van der Waals surface area contributed by atoms with Crippen molar-refractivity contribution in [3.8, 4) is 11.5 Å². The Balaban J connectivity index is 1.55. The van der Waals surface area contributed by atoms with Crippen molar-refractivity contribution in [3.63, 3.8) is 0 Å². The third-order valence-electron chi connectivity index (χ3n) is 9.20. The van der Waals surface area contributed by atoms with Gasteiger partial charge in [0.05, 0.1) is 13.2 Å². The number of hydrogen-bond donors (Lipinski definition) is 0. The maximum atomic E-state index is 12.9. The summed E-state index contributed by atoms with van der Waals surface area (Å²) in [5.41, 5.74) is 1.08. The van der Waals surface area contributed by atoms with Gasteiger partial charge in [-0.3, -0.25) is 0 Å². The van der Waals surface area contributed by atoms with Gasteiger partial charge in [0.2, 0.25) is 0 Å². The Bertz CT molecular complexity index is 1350. The first-order valence-electron chi connectivity index (χ1n) is 19.3. The van der Waals surface area contributed by atoms with Gasteiger partial charge in [0.1, 0.15) is 11.5 Å². The molecule has 48 heavy (non-hydrogen) atoms. The molecule has 0 saturated carbocycles. The van der Waals surface area contributed by atoms with E-state index in [1.165, 1.54) is 89.9 Å². The van der Waals surface area contributed by atoms with Crippen LogP contribution in [0.3, 0.4) is 0 Å². The molecule has 0 radical (unpaired) electrons. The zero-order chi connectivity index (χ0) is 34.2. The van der Waals surface area contributed by atoms with Gasteiger partial charge >= 0.3 is 12.3 Å². The van der Waals surface area contributed by atoms with E-state index in [2.05, 4.69) is 20.8 Å². The molecule has 6 heteroatoms. The number of unbranched alkanes of at least 4 members (excludes halogenated alkanes) is 18. The Morgan fingerprint density at radius 2 is 0.833 bits per heavy atom.